The number of carbonyl (C=O) groups is 2. The molecule has 0 fully saturated rings. The number of ether oxygens (including phenoxy) is 1. The third-order valence-electron chi connectivity index (χ3n) is 2.35. The molecule has 6 nitrogen and oxygen atoms in total. The number of nitrogens with one attached hydrogen (secondary N) is 2. The number of amides is 1. The van der Waals surface area contributed by atoms with E-state index in [1.54, 1.807) is 12.1 Å². The average molecular weight is 279 g/mol. The fraction of sp³-hybridized carbons (Fsp3) is 0.500. The maximum atomic E-state index is 11.6. The summed E-state index contributed by atoms with van der Waals surface area (Å²) in [6, 6.07) is 3.37. The van der Waals surface area contributed by atoms with Gasteiger partial charge in [0.25, 0.3) is 0 Å². The first-order chi connectivity index (χ1) is 9.31. The van der Waals surface area contributed by atoms with Crippen LogP contribution in [0.15, 0.2) is 18.3 Å². The minimum atomic E-state index is -0.415. The zero-order chi connectivity index (χ0) is 15.2. The molecule has 1 aromatic rings. The summed E-state index contributed by atoms with van der Waals surface area (Å²) in [4.78, 5) is 26.9. The first-order valence-corrected chi connectivity index (χ1v) is 6.37. The van der Waals surface area contributed by atoms with Crippen molar-refractivity contribution in [3.8, 4) is 0 Å². The molecule has 0 aliphatic carbocycles. The van der Waals surface area contributed by atoms with E-state index in [4.69, 9.17) is 0 Å². The van der Waals surface area contributed by atoms with Gasteiger partial charge in [0.1, 0.15) is 0 Å². The minimum Gasteiger partial charge on any atom is -0.465 e. The molecule has 0 bridgehead atoms. The number of rotatable bonds is 5. The van der Waals surface area contributed by atoms with Gasteiger partial charge in [-0.3, -0.25) is 9.78 Å². The molecule has 6 heteroatoms. The lowest BCUT2D eigenvalue weighted by atomic mass is 10.1. The van der Waals surface area contributed by atoms with E-state index in [1.807, 2.05) is 20.8 Å². The van der Waals surface area contributed by atoms with Crippen LogP contribution in [-0.2, 0) is 16.1 Å². The van der Waals surface area contributed by atoms with Gasteiger partial charge in [0.2, 0.25) is 5.91 Å². The predicted octanol–water partition coefficient (Wildman–Crippen LogP) is 0.872. The van der Waals surface area contributed by atoms with Crippen LogP contribution in [0.5, 0.6) is 0 Å². The molecular weight excluding hydrogens is 258 g/mol. The summed E-state index contributed by atoms with van der Waals surface area (Å²) in [5, 5.41) is 5.85. The molecule has 0 radical (unpaired) electrons. The Morgan fingerprint density at radius 1 is 1.30 bits per heavy atom. The average Bonchev–Trinajstić information content (AvgIpc) is 2.36. The van der Waals surface area contributed by atoms with E-state index in [1.165, 1.54) is 13.3 Å². The van der Waals surface area contributed by atoms with E-state index >= 15 is 0 Å². The van der Waals surface area contributed by atoms with Crippen molar-refractivity contribution >= 4 is 11.9 Å². The molecule has 0 unspecified atom stereocenters. The molecule has 0 spiro atoms. The first-order valence-electron chi connectivity index (χ1n) is 6.37. The molecule has 110 valence electrons. The summed E-state index contributed by atoms with van der Waals surface area (Å²) >= 11 is 0. The Labute approximate surface area is 118 Å². The highest BCUT2D eigenvalue weighted by Crippen LogP contribution is 2.02. The normalized spacial score (nSPS) is 11.0. The van der Waals surface area contributed by atoms with Crippen LogP contribution in [0.2, 0.25) is 0 Å². The summed E-state index contributed by atoms with van der Waals surface area (Å²) in [6.45, 7) is 6.46. The number of esters is 1. The van der Waals surface area contributed by atoms with Crippen LogP contribution in [0.4, 0.5) is 0 Å². The van der Waals surface area contributed by atoms with Crippen molar-refractivity contribution in [2.75, 3.05) is 13.7 Å². The molecule has 0 aliphatic rings. The van der Waals surface area contributed by atoms with Gasteiger partial charge >= 0.3 is 5.97 Å². The highest BCUT2D eigenvalue weighted by Gasteiger charge is 2.13. The molecule has 1 rings (SSSR count). The van der Waals surface area contributed by atoms with E-state index in [0.717, 1.165) is 5.69 Å². The Kier molecular flexibility index (Phi) is 5.64. The van der Waals surface area contributed by atoms with Crippen LogP contribution in [-0.4, -0.2) is 36.1 Å². The summed E-state index contributed by atoms with van der Waals surface area (Å²) < 4.78 is 4.59. The standard InChI is InChI=1S/C14H21N3O3/c1-14(2,3)17-12(18)9-15-8-11-6-5-10(7-16-11)13(19)20-4/h5-7,15H,8-9H2,1-4H3,(H,17,18). The molecule has 0 aromatic carbocycles. The van der Waals surface area contributed by atoms with E-state index < -0.39 is 5.97 Å². The second-order valence-electron chi connectivity index (χ2n) is 5.43. The van der Waals surface area contributed by atoms with Gasteiger partial charge in [0.15, 0.2) is 0 Å². The van der Waals surface area contributed by atoms with Gasteiger partial charge < -0.3 is 15.4 Å². The summed E-state index contributed by atoms with van der Waals surface area (Å²) in [5.41, 5.74) is 0.919. The Hall–Kier alpha value is -1.95. The molecule has 0 atom stereocenters. The molecule has 1 aromatic heterocycles. The van der Waals surface area contributed by atoms with Crippen LogP contribution >= 0.6 is 0 Å². The number of hydrogen-bond donors (Lipinski definition) is 2. The molecule has 1 amide bonds. The minimum absolute atomic E-state index is 0.0660. The van der Waals surface area contributed by atoms with E-state index in [-0.39, 0.29) is 18.0 Å². The molecule has 1 heterocycles. The number of aromatic nitrogens is 1. The van der Waals surface area contributed by atoms with Crippen LogP contribution in [0.3, 0.4) is 0 Å². The zero-order valence-electron chi connectivity index (χ0n) is 12.3. The second kappa shape index (κ2) is 7.00. The SMILES string of the molecule is COC(=O)c1ccc(CNCC(=O)NC(C)(C)C)nc1. The number of pyridine rings is 1. The monoisotopic (exact) mass is 279 g/mol. The summed E-state index contributed by atoms with van der Waals surface area (Å²) in [5.74, 6) is -0.481. The Bertz CT molecular complexity index is 464. The van der Waals surface area contributed by atoms with Gasteiger partial charge in [0, 0.05) is 18.3 Å². The van der Waals surface area contributed by atoms with E-state index in [9.17, 15) is 9.59 Å². The summed E-state index contributed by atoms with van der Waals surface area (Å²) in [6.07, 6.45) is 1.46. The van der Waals surface area contributed by atoms with Crippen molar-refractivity contribution in [3.05, 3.63) is 29.6 Å². The summed E-state index contributed by atoms with van der Waals surface area (Å²) in [7, 11) is 1.33. The Balaban J connectivity index is 2.39. The highest BCUT2D eigenvalue weighted by atomic mass is 16.5. The van der Waals surface area contributed by atoms with E-state index in [0.29, 0.717) is 12.1 Å². The number of carbonyl (C=O) groups excluding carboxylic acids is 2. The molecule has 0 saturated carbocycles. The van der Waals surface area contributed by atoms with Crippen LogP contribution < -0.4 is 10.6 Å². The maximum absolute atomic E-state index is 11.6. The van der Waals surface area contributed by atoms with Crippen LogP contribution in [0.25, 0.3) is 0 Å². The predicted molar refractivity (Wildman–Crippen MR) is 75.2 cm³/mol. The van der Waals surface area contributed by atoms with Crippen LogP contribution in [0, 0.1) is 0 Å². The van der Waals surface area contributed by atoms with Crippen molar-refractivity contribution in [2.24, 2.45) is 0 Å². The second-order valence-corrected chi connectivity index (χ2v) is 5.43. The van der Waals surface area contributed by atoms with E-state index in [2.05, 4.69) is 20.4 Å². The molecular formula is C14H21N3O3. The molecule has 20 heavy (non-hydrogen) atoms. The van der Waals surface area contributed by atoms with Gasteiger partial charge in [-0.2, -0.15) is 0 Å². The van der Waals surface area contributed by atoms with Gasteiger partial charge in [0.05, 0.1) is 24.9 Å². The van der Waals surface area contributed by atoms with Crippen molar-refractivity contribution < 1.29 is 14.3 Å². The fourth-order valence-corrected chi connectivity index (χ4v) is 1.53. The first kappa shape index (κ1) is 16.1. The quantitative estimate of drug-likeness (QED) is 0.782. The molecule has 2 N–H and O–H groups in total. The smallest absolute Gasteiger partial charge is 0.339 e. The maximum Gasteiger partial charge on any atom is 0.339 e. The fourth-order valence-electron chi connectivity index (χ4n) is 1.53. The van der Waals surface area contributed by atoms with Gasteiger partial charge in [-0.15, -0.1) is 0 Å². The number of hydrogen-bond acceptors (Lipinski definition) is 5. The lowest BCUT2D eigenvalue weighted by molar-refractivity contribution is -0.121. The van der Waals surface area contributed by atoms with Crippen LogP contribution in [0.1, 0.15) is 36.8 Å². The Morgan fingerprint density at radius 3 is 2.50 bits per heavy atom. The third-order valence-corrected chi connectivity index (χ3v) is 2.35. The van der Waals surface area contributed by atoms with Crippen molar-refractivity contribution in [1.82, 2.24) is 15.6 Å². The number of methoxy groups -OCH3 is 1. The van der Waals surface area contributed by atoms with Gasteiger partial charge in [-0.05, 0) is 32.9 Å². The molecule has 0 aliphatic heterocycles. The Morgan fingerprint density at radius 2 is 2.00 bits per heavy atom. The van der Waals surface area contributed by atoms with Gasteiger partial charge in [-0.1, -0.05) is 0 Å². The lowest BCUT2D eigenvalue weighted by Gasteiger charge is -2.20. The van der Waals surface area contributed by atoms with Crippen molar-refractivity contribution in [2.45, 2.75) is 32.9 Å². The molecule has 0 saturated heterocycles. The lowest BCUT2D eigenvalue weighted by Crippen LogP contribution is -2.44. The van der Waals surface area contributed by atoms with Crippen molar-refractivity contribution in [3.63, 3.8) is 0 Å². The zero-order valence-corrected chi connectivity index (χ0v) is 12.3. The third kappa shape index (κ3) is 5.79. The largest absolute Gasteiger partial charge is 0.465 e. The number of nitrogens with zero attached hydrogens (tertiary/aromatic N) is 1. The highest BCUT2D eigenvalue weighted by molar-refractivity contribution is 5.88. The van der Waals surface area contributed by atoms with Crippen molar-refractivity contribution in [1.29, 1.82) is 0 Å². The topological polar surface area (TPSA) is 80.3 Å². The van der Waals surface area contributed by atoms with Gasteiger partial charge in [-0.25, -0.2) is 4.79 Å².